The molecule has 148 valence electrons. The number of fused-ring (bicyclic) bond motifs is 1. The number of furan rings is 1. The van der Waals surface area contributed by atoms with Crippen molar-refractivity contribution in [2.24, 2.45) is 0 Å². The highest BCUT2D eigenvalue weighted by molar-refractivity contribution is 5.90. The minimum absolute atomic E-state index is 0.162. The molecule has 0 amide bonds. The highest BCUT2D eigenvalue weighted by atomic mass is 19.4. The van der Waals surface area contributed by atoms with Crippen LogP contribution in [0.5, 0.6) is 0 Å². The number of rotatable bonds is 5. The SMILES string of the molecule is C[C@@H](Nc1nc(Nc2cccc(C(F)(F)F)c2)nc2ccccc12)c1ccco1. The Morgan fingerprint density at radius 3 is 2.55 bits per heavy atom. The van der Waals surface area contributed by atoms with Gasteiger partial charge in [-0.1, -0.05) is 18.2 Å². The fourth-order valence-corrected chi connectivity index (χ4v) is 2.96. The lowest BCUT2D eigenvalue weighted by Crippen LogP contribution is -2.10. The van der Waals surface area contributed by atoms with Crippen LogP contribution in [-0.4, -0.2) is 9.97 Å². The average molecular weight is 398 g/mol. The number of para-hydroxylation sites is 1. The number of alkyl halides is 3. The highest BCUT2D eigenvalue weighted by Crippen LogP contribution is 2.32. The number of nitrogens with zero attached hydrogens (tertiary/aromatic N) is 2. The maximum Gasteiger partial charge on any atom is 0.416 e. The first-order chi connectivity index (χ1) is 13.9. The summed E-state index contributed by atoms with van der Waals surface area (Å²) >= 11 is 0. The molecule has 0 fully saturated rings. The molecule has 8 heteroatoms. The van der Waals surface area contributed by atoms with E-state index in [1.54, 1.807) is 12.3 Å². The Morgan fingerprint density at radius 1 is 0.966 bits per heavy atom. The molecule has 2 aromatic carbocycles. The summed E-state index contributed by atoms with van der Waals surface area (Å²) in [6.45, 7) is 1.93. The highest BCUT2D eigenvalue weighted by Gasteiger charge is 2.30. The number of aromatic nitrogens is 2. The van der Waals surface area contributed by atoms with Gasteiger partial charge in [0.1, 0.15) is 11.6 Å². The van der Waals surface area contributed by atoms with E-state index in [4.69, 9.17) is 4.42 Å². The first kappa shape index (κ1) is 18.8. The number of benzene rings is 2. The number of hydrogen-bond acceptors (Lipinski definition) is 5. The van der Waals surface area contributed by atoms with E-state index in [0.29, 0.717) is 11.3 Å². The quantitative estimate of drug-likeness (QED) is 0.422. The van der Waals surface area contributed by atoms with Crippen LogP contribution in [0.25, 0.3) is 10.9 Å². The third-order valence-corrected chi connectivity index (χ3v) is 4.37. The molecule has 4 aromatic rings. The molecule has 1 atom stereocenters. The number of anilines is 3. The van der Waals surface area contributed by atoms with Gasteiger partial charge in [-0.05, 0) is 49.4 Å². The molecule has 29 heavy (non-hydrogen) atoms. The lowest BCUT2D eigenvalue weighted by Gasteiger charge is -2.16. The molecule has 0 saturated carbocycles. The van der Waals surface area contributed by atoms with E-state index in [1.165, 1.54) is 12.1 Å². The van der Waals surface area contributed by atoms with Crippen LogP contribution in [0.1, 0.15) is 24.3 Å². The summed E-state index contributed by atoms with van der Waals surface area (Å²) in [6, 6.07) is 15.8. The van der Waals surface area contributed by atoms with Crippen LogP contribution >= 0.6 is 0 Å². The summed E-state index contributed by atoms with van der Waals surface area (Å²) in [6.07, 6.45) is -2.83. The van der Waals surface area contributed by atoms with Crippen molar-refractivity contribution < 1.29 is 17.6 Å². The van der Waals surface area contributed by atoms with Crippen LogP contribution in [0.4, 0.5) is 30.6 Å². The van der Waals surface area contributed by atoms with Crippen molar-refractivity contribution in [2.45, 2.75) is 19.1 Å². The summed E-state index contributed by atoms with van der Waals surface area (Å²) in [4.78, 5) is 8.91. The molecule has 0 aliphatic rings. The standard InChI is InChI=1S/C21H17F3N4O/c1-13(18-10-5-11-29-18)25-19-16-8-2-3-9-17(16)27-20(28-19)26-15-7-4-6-14(12-15)21(22,23)24/h2-13H,1H3,(H2,25,26,27,28)/t13-/m1/s1. The number of hydrogen-bond donors (Lipinski definition) is 2. The molecule has 0 saturated heterocycles. The maximum atomic E-state index is 13.0. The second-order valence-electron chi connectivity index (χ2n) is 6.50. The zero-order valence-electron chi connectivity index (χ0n) is 15.4. The van der Waals surface area contributed by atoms with Gasteiger partial charge in [-0.2, -0.15) is 18.2 Å². The minimum atomic E-state index is -4.42. The Morgan fingerprint density at radius 2 is 1.79 bits per heavy atom. The van der Waals surface area contributed by atoms with E-state index in [2.05, 4.69) is 20.6 Å². The van der Waals surface area contributed by atoms with E-state index >= 15 is 0 Å². The van der Waals surface area contributed by atoms with Crippen LogP contribution < -0.4 is 10.6 Å². The van der Waals surface area contributed by atoms with Gasteiger partial charge in [0.15, 0.2) is 0 Å². The van der Waals surface area contributed by atoms with E-state index in [-0.39, 0.29) is 17.7 Å². The van der Waals surface area contributed by atoms with Gasteiger partial charge >= 0.3 is 6.18 Å². The van der Waals surface area contributed by atoms with Gasteiger partial charge < -0.3 is 15.1 Å². The molecule has 2 aromatic heterocycles. The molecule has 0 aliphatic carbocycles. The van der Waals surface area contributed by atoms with Gasteiger partial charge in [0.25, 0.3) is 0 Å². The van der Waals surface area contributed by atoms with Crippen molar-refractivity contribution in [2.75, 3.05) is 10.6 Å². The Balaban J connectivity index is 1.69. The Hall–Kier alpha value is -3.55. The first-order valence-electron chi connectivity index (χ1n) is 8.91. The van der Waals surface area contributed by atoms with E-state index < -0.39 is 11.7 Å². The number of halogens is 3. The predicted molar refractivity (Wildman–Crippen MR) is 105 cm³/mol. The summed E-state index contributed by atoms with van der Waals surface area (Å²) in [5.74, 6) is 1.48. The monoisotopic (exact) mass is 398 g/mol. The van der Waals surface area contributed by atoms with Crippen LogP contribution in [0.15, 0.2) is 71.3 Å². The zero-order valence-corrected chi connectivity index (χ0v) is 15.4. The molecule has 0 spiro atoms. The Labute approximate surface area is 164 Å². The minimum Gasteiger partial charge on any atom is -0.467 e. The molecular weight excluding hydrogens is 381 g/mol. The lowest BCUT2D eigenvalue weighted by atomic mass is 10.2. The summed E-state index contributed by atoms with van der Waals surface area (Å²) < 4.78 is 44.4. The molecule has 0 bridgehead atoms. The van der Waals surface area contributed by atoms with Crippen LogP contribution in [0.2, 0.25) is 0 Å². The van der Waals surface area contributed by atoms with Crippen molar-refractivity contribution in [3.8, 4) is 0 Å². The maximum absolute atomic E-state index is 13.0. The molecule has 0 aliphatic heterocycles. The summed E-state index contributed by atoms with van der Waals surface area (Å²) in [7, 11) is 0. The topological polar surface area (TPSA) is 63.0 Å². The Kier molecular flexibility index (Phi) is 4.84. The summed E-state index contributed by atoms with van der Waals surface area (Å²) in [5.41, 5.74) is 0.166. The zero-order chi connectivity index (χ0) is 20.4. The van der Waals surface area contributed by atoms with Crippen LogP contribution in [-0.2, 0) is 6.18 Å². The lowest BCUT2D eigenvalue weighted by molar-refractivity contribution is -0.137. The van der Waals surface area contributed by atoms with Gasteiger partial charge in [0, 0.05) is 11.1 Å². The molecule has 4 rings (SSSR count). The van der Waals surface area contributed by atoms with Crippen molar-refractivity contribution in [1.82, 2.24) is 9.97 Å². The number of nitrogens with one attached hydrogen (secondary N) is 2. The van der Waals surface area contributed by atoms with Gasteiger partial charge in [0.2, 0.25) is 5.95 Å². The van der Waals surface area contributed by atoms with E-state index in [0.717, 1.165) is 23.3 Å². The molecule has 2 heterocycles. The first-order valence-corrected chi connectivity index (χ1v) is 8.91. The second-order valence-corrected chi connectivity index (χ2v) is 6.50. The largest absolute Gasteiger partial charge is 0.467 e. The third-order valence-electron chi connectivity index (χ3n) is 4.37. The van der Waals surface area contributed by atoms with Crippen molar-refractivity contribution in [3.05, 3.63) is 78.3 Å². The van der Waals surface area contributed by atoms with Crippen LogP contribution in [0.3, 0.4) is 0 Å². The third kappa shape index (κ3) is 4.16. The normalized spacial score (nSPS) is 12.7. The van der Waals surface area contributed by atoms with E-state index in [9.17, 15) is 13.2 Å². The fraction of sp³-hybridized carbons (Fsp3) is 0.143. The smallest absolute Gasteiger partial charge is 0.416 e. The molecule has 2 N–H and O–H groups in total. The molecule has 0 unspecified atom stereocenters. The second kappa shape index (κ2) is 7.46. The predicted octanol–water partition coefficient (Wildman–Crippen LogP) is 6.16. The van der Waals surface area contributed by atoms with Crippen LogP contribution in [0, 0.1) is 0 Å². The van der Waals surface area contributed by atoms with E-state index in [1.807, 2.05) is 37.3 Å². The molecule has 0 radical (unpaired) electrons. The molecular formula is C21H17F3N4O. The van der Waals surface area contributed by atoms with Crippen molar-refractivity contribution in [1.29, 1.82) is 0 Å². The van der Waals surface area contributed by atoms with Gasteiger partial charge in [0.05, 0.1) is 23.4 Å². The molecule has 5 nitrogen and oxygen atoms in total. The van der Waals surface area contributed by atoms with Crippen molar-refractivity contribution >= 4 is 28.4 Å². The Bertz CT molecular complexity index is 1130. The summed E-state index contributed by atoms with van der Waals surface area (Å²) in [5, 5.41) is 6.95. The van der Waals surface area contributed by atoms with Gasteiger partial charge in [-0.25, -0.2) is 4.98 Å². The fourth-order valence-electron chi connectivity index (χ4n) is 2.96. The van der Waals surface area contributed by atoms with Crippen molar-refractivity contribution in [3.63, 3.8) is 0 Å². The average Bonchev–Trinajstić information content (AvgIpc) is 3.22. The van der Waals surface area contributed by atoms with Gasteiger partial charge in [-0.15, -0.1) is 0 Å². The van der Waals surface area contributed by atoms with Gasteiger partial charge in [-0.3, -0.25) is 0 Å².